The van der Waals surface area contributed by atoms with Crippen LogP contribution in [0.1, 0.15) is 104 Å². The number of unbranched alkanes of at least 4 members (excludes halogenated alkanes) is 10. The zero-order valence-electron chi connectivity index (χ0n) is 12.9. The molecule has 0 aromatic carbocycles. The van der Waals surface area contributed by atoms with E-state index < -0.39 is 0 Å². The topological polar surface area (TPSA) is 20.2 Å². The monoisotopic (exact) mass is 256 g/mol. The van der Waals surface area contributed by atoms with Crippen molar-refractivity contribution >= 4 is 0 Å². The fourth-order valence-electron chi connectivity index (χ4n) is 2.52. The average molecular weight is 256 g/mol. The third-order valence-electron chi connectivity index (χ3n) is 3.76. The molecule has 0 aliphatic carbocycles. The van der Waals surface area contributed by atoms with Crippen molar-refractivity contribution in [1.29, 1.82) is 0 Å². The van der Waals surface area contributed by atoms with E-state index in [0.29, 0.717) is 0 Å². The Morgan fingerprint density at radius 1 is 0.556 bits per heavy atom. The van der Waals surface area contributed by atoms with E-state index in [1.165, 1.54) is 70.6 Å². The van der Waals surface area contributed by atoms with Crippen molar-refractivity contribution < 1.29 is 5.11 Å². The third kappa shape index (κ3) is 14.0. The van der Waals surface area contributed by atoms with Gasteiger partial charge in [-0.15, -0.1) is 0 Å². The normalized spacial score (nSPS) is 12.8. The second-order valence-corrected chi connectivity index (χ2v) is 5.77. The zero-order valence-corrected chi connectivity index (χ0v) is 12.9. The number of aliphatic hydroxyl groups is 1. The van der Waals surface area contributed by atoms with Crippen LogP contribution in [0.25, 0.3) is 0 Å². The Labute approximate surface area is 115 Å². The molecule has 0 fully saturated rings. The molecule has 0 saturated heterocycles. The summed E-state index contributed by atoms with van der Waals surface area (Å²) < 4.78 is 0. The molecule has 0 aliphatic rings. The van der Waals surface area contributed by atoms with E-state index in [9.17, 15) is 5.11 Å². The van der Waals surface area contributed by atoms with Gasteiger partial charge in [-0.2, -0.15) is 0 Å². The molecule has 0 rings (SSSR count). The second-order valence-electron chi connectivity index (χ2n) is 5.77. The molecule has 1 nitrogen and oxygen atoms in total. The maximum absolute atomic E-state index is 9.59. The first kappa shape index (κ1) is 18.0. The van der Waals surface area contributed by atoms with Crippen molar-refractivity contribution in [3.63, 3.8) is 0 Å². The van der Waals surface area contributed by atoms with Crippen molar-refractivity contribution in [2.24, 2.45) is 0 Å². The molecule has 0 unspecified atom stereocenters. The minimum Gasteiger partial charge on any atom is -0.393 e. The molecule has 1 atom stereocenters. The highest BCUT2D eigenvalue weighted by Crippen LogP contribution is 2.13. The Kier molecular flexibility index (Phi) is 15.0. The van der Waals surface area contributed by atoms with E-state index in [1.807, 2.05) is 0 Å². The molecular weight excluding hydrogens is 220 g/mol. The highest BCUT2D eigenvalue weighted by Gasteiger charge is 2.01. The summed E-state index contributed by atoms with van der Waals surface area (Å²) in [6, 6.07) is 0. The molecule has 0 aliphatic heterocycles. The van der Waals surface area contributed by atoms with Crippen LogP contribution in [0.15, 0.2) is 0 Å². The molecule has 0 spiro atoms. The summed E-state index contributed by atoms with van der Waals surface area (Å²) in [5.74, 6) is 0. The van der Waals surface area contributed by atoms with Crippen molar-refractivity contribution in [2.45, 2.75) is 110 Å². The summed E-state index contributed by atoms with van der Waals surface area (Å²) in [5, 5.41) is 9.59. The molecule has 0 aromatic heterocycles. The minimum absolute atomic E-state index is 0.0337. The van der Waals surface area contributed by atoms with E-state index in [0.717, 1.165) is 19.3 Å². The first-order valence-corrected chi connectivity index (χ1v) is 8.49. The maximum atomic E-state index is 9.59. The molecule has 1 N–H and O–H groups in total. The summed E-state index contributed by atoms with van der Waals surface area (Å²) in [5.41, 5.74) is 0. The van der Waals surface area contributed by atoms with Crippen LogP contribution >= 0.6 is 0 Å². The van der Waals surface area contributed by atoms with Crippen LogP contribution in [-0.4, -0.2) is 11.2 Å². The molecule has 18 heavy (non-hydrogen) atoms. The van der Waals surface area contributed by atoms with Crippen LogP contribution in [0.5, 0.6) is 0 Å². The molecule has 1 heteroatoms. The maximum Gasteiger partial charge on any atom is 0.0540 e. The van der Waals surface area contributed by atoms with Crippen LogP contribution in [0.3, 0.4) is 0 Å². The van der Waals surface area contributed by atoms with Gasteiger partial charge in [0.2, 0.25) is 0 Å². The number of hydrogen-bond acceptors (Lipinski definition) is 1. The van der Waals surface area contributed by atoms with Crippen molar-refractivity contribution in [3.05, 3.63) is 0 Å². The van der Waals surface area contributed by atoms with E-state index in [2.05, 4.69) is 13.8 Å². The Morgan fingerprint density at radius 3 is 1.44 bits per heavy atom. The van der Waals surface area contributed by atoms with Crippen LogP contribution in [0, 0.1) is 0 Å². The van der Waals surface area contributed by atoms with Gasteiger partial charge in [0, 0.05) is 0 Å². The smallest absolute Gasteiger partial charge is 0.0540 e. The number of rotatable bonds is 14. The van der Waals surface area contributed by atoms with Crippen molar-refractivity contribution in [2.75, 3.05) is 0 Å². The predicted molar refractivity (Wildman–Crippen MR) is 82.0 cm³/mol. The lowest BCUT2D eigenvalue weighted by atomic mass is 10.0. The third-order valence-corrected chi connectivity index (χ3v) is 3.76. The molecule has 110 valence electrons. The van der Waals surface area contributed by atoms with Crippen LogP contribution in [0.4, 0.5) is 0 Å². The lowest BCUT2D eigenvalue weighted by Gasteiger charge is -2.08. The highest BCUT2D eigenvalue weighted by atomic mass is 16.3. The van der Waals surface area contributed by atoms with Crippen molar-refractivity contribution in [1.82, 2.24) is 0 Å². The van der Waals surface area contributed by atoms with Gasteiger partial charge in [0.1, 0.15) is 0 Å². The fourth-order valence-corrected chi connectivity index (χ4v) is 2.52. The van der Waals surface area contributed by atoms with Gasteiger partial charge >= 0.3 is 0 Å². The average Bonchev–Trinajstić information content (AvgIpc) is 2.36. The lowest BCUT2D eigenvalue weighted by Crippen LogP contribution is -2.04. The SMILES string of the molecule is CCCCCCCCCCCCC[C@@H](O)CCC. The summed E-state index contributed by atoms with van der Waals surface area (Å²) in [6.45, 7) is 4.42. The Balaban J connectivity index is 2.98. The molecular formula is C17H36O. The van der Waals surface area contributed by atoms with Crippen LogP contribution in [0.2, 0.25) is 0 Å². The number of aliphatic hydroxyl groups excluding tert-OH is 1. The predicted octanol–water partition coefficient (Wildman–Crippen LogP) is 5.85. The largest absolute Gasteiger partial charge is 0.393 e. The van der Waals surface area contributed by atoms with E-state index >= 15 is 0 Å². The van der Waals surface area contributed by atoms with Crippen molar-refractivity contribution in [3.8, 4) is 0 Å². The van der Waals surface area contributed by atoms with Gasteiger partial charge in [-0.05, 0) is 12.8 Å². The molecule has 0 amide bonds. The summed E-state index contributed by atoms with van der Waals surface area (Å²) in [7, 11) is 0. The Morgan fingerprint density at radius 2 is 1.00 bits per heavy atom. The second kappa shape index (κ2) is 15.0. The Hall–Kier alpha value is -0.0400. The van der Waals surface area contributed by atoms with E-state index in [1.54, 1.807) is 0 Å². The van der Waals surface area contributed by atoms with Crippen LogP contribution < -0.4 is 0 Å². The molecule has 0 radical (unpaired) electrons. The molecule has 0 saturated carbocycles. The number of hydrogen-bond donors (Lipinski definition) is 1. The Bertz CT molecular complexity index is 145. The fraction of sp³-hybridized carbons (Fsp3) is 1.00. The first-order chi connectivity index (χ1) is 8.81. The first-order valence-electron chi connectivity index (χ1n) is 8.49. The zero-order chi connectivity index (χ0) is 13.5. The molecule has 0 bridgehead atoms. The van der Waals surface area contributed by atoms with E-state index in [4.69, 9.17) is 0 Å². The molecule has 0 aromatic rings. The van der Waals surface area contributed by atoms with Gasteiger partial charge in [0.05, 0.1) is 6.10 Å². The minimum atomic E-state index is -0.0337. The van der Waals surface area contributed by atoms with Gasteiger partial charge < -0.3 is 5.11 Å². The van der Waals surface area contributed by atoms with Gasteiger partial charge in [0.25, 0.3) is 0 Å². The van der Waals surface area contributed by atoms with E-state index in [-0.39, 0.29) is 6.10 Å². The van der Waals surface area contributed by atoms with Gasteiger partial charge in [-0.1, -0.05) is 90.9 Å². The summed E-state index contributed by atoms with van der Waals surface area (Å²) >= 11 is 0. The summed E-state index contributed by atoms with van der Waals surface area (Å²) in [6.07, 6.45) is 18.3. The highest BCUT2D eigenvalue weighted by molar-refractivity contribution is 4.55. The quantitative estimate of drug-likeness (QED) is 0.387. The molecule has 0 heterocycles. The lowest BCUT2D eigenvalue weighted by molar-refractivity contribution is 0.150. The summed E-state index contributed by atoms with van der Waals surface area (Å²) in [4.78, 5) is 0. The standard InChI is InChI=1S/C17H36O/c1-3-5-6-7-8-9-10-11-12-13-14-16-17(18)15-4-2/h17-18H,3-16H2,1-2H3/t17-/m0/s1. The van der Waals surface area contributed by atoms with Crippen LogP contribution in [-0.2, 0) is 0 Å². The van der Waals surface area contributed by atoms with Gasteiger partial charge in [0.15, 0.2) is 0 Å². The van der Waals surface area contributed by atoms with Gasteiger partial charge in [-0.25, -0.2) is 0 Å². The van der Waals surface area contributed by atoms with Gasteiger partial charge in [-0.3, -0.25) is 0 Å².